The van der Waals surface area contributed by atoms with Crippen molar-refractivity contribution in [1.29, 1.82) is 0 Å². The SMILES string of the molecule is CCOc1cc(CNCCNc2ccc([N+](=O)[O-])cc2Cl)cc(Br)c1OC.Cl. The van der Waals surface area contributed by atoms with Crippen LogP contribution in [0.2, 0.25) is 5.02 Å². The van der Waals surface area contributed by atoms with Crippen molar-refractivity contribution in [3.63, 3.8) is 0 Å². The zero-order valence-electron chi connectivity index (χ0n) is 15.5. The number of nitro groups is 1. The molecule has 2 aromatic carbocycles. The summed E-state index contributed by atoms with van der Waals surface area (Å²) >= 11 is 9.55. The number of nitro benzene ring substituents is 1. The molecule has 0 aliphatic rings. The first-order chi connectivity index (χ1) is 13.0. The minimum atomic E-state index is -0.472. The quantitative estimate of drug-likeness (QED) is 0.273. The molecule has 0 atom stereocenters. The van der Waals surface area contributed by atoms with Crippen LogP contribution in [0.25, 0.3) is 0 Å². The summed E-state index contributed by atoms with van der Waals surface area (Å²) in [7, 11) is 1.61. The summed E-state index contributed by atoms with van der Waals surface area (Å²) in [6, 6.07) is 8.29. The predicted molar refractivity (Wildman–Crippen MR) is 117 cm³/mol. The van der Waals surface area contributed by atoms with Gasteiger partial charge in [0.1, 0.15) is 0 Å². The number of anilines is 1. The van der Waals surface area contributed by atoms with Crippen LogP contribution in [0.1, 0.15) is 12.5 Å². The molecule has 0 saturated heterocycles. The molecular formula is C18H22BrCl2N3O4. The first kappa shape index (κ1) is 24.3. The highest BCUT2D eigenvalue weighted by atomic mass is 79.9. The van der Waals surface area contributed by atoms with Crippen LogP contribution in [-0.4, -0.2) is 31.7 Å². The van der Waals surface area contributed by atoms with Crippen LogP contribution < -0.4 is 20.1 Å². The summed E-state index contributed by atoms with van der Waals surface area (Å²) in [5.74, 6) is 1.37. The second-order valence-electron chi connectivity index (χ2n) is 5.57. The van der Waals surface area contributed by atoms with E-state index in [0.29, 0.717) is 48.5 Å². The van der Waals surface area contributed by atoms with Gasteiger partial charge in [0.25, 0.3) is 5.69 Å². The molecule has 0 unspecified atom stereocenters. The van der Waals surface area contributed by atoms with Crippen LogP contribution in [0.15, 0.2) is 34.8 Å². The van der Waals surface area contributed by atoms with Gasteiger partial charge in [0.15, 0.2) is 11.5 Å². The molecule has 2 aromatic rings. The first-order valence-electron chi connectivity index (χ1n) is 8.34. The van der Waals surface area contributed by atoms with Crippen LogP contribution in [0.4, 0.5) is 11.4 Å². The van der Waals surface area contributed by atoms with E-state index in [1.807, 2.05) is 19.1 Å². The Hall–Kier alpha value is -1.74. The average Bonchev–Trinajstić information content (AvgIpc) is 2.62. The van der Waals surface area contributed by atoms with Gasteiger partial charge < -0.3 is 20.1 Å². The summed E-state index contributed by atoms with van der Waals surface area (Å²) in [5.41, 5.74) is 1.69. The molecule has 0 aliphatic heterocycles. The Bertz CT molecular complexity index is 809. The second kappa shape index (κ2) is 12.0. The molecular weight excluding hydrogens is 473 g/mol. The number of rotatable bonds is 10. The maximum absolute atomic E-state index is 10.7. The van der Waals surface area contributed by atoms with Gasteiger partial charge in [0.05, 0.1) is 33.8 Å². The summed E-state index contributed by atoms with van der Waals surface area (Å²) < 4.78 is 11.8. The van der Waals surface area contributed by atoms with Crippen molar-refractivity contribution in [2.75, 3.05) is 32.1 Å². The molecule has 10 heteroatoms. The zero-order valence-corrected chi connectivity index (χ0v) is 18.6. The van der Waals surface area contributed by atoms with Gasteiger partial charge in [-0.3, -0.25) is 10.1 Å². The van der Waals surface area contributed by atoms with E-state index < -0.39 is 4.92 Å². The highest BCUT2D eigenvalue weighted by Crippen LogP contribution is 2.36. The normalized spacial score (nSPS) is 10.1. The fraction of sp³-hybridized carbons (Fsp3) is 0.333. The molecule has 0 heterocycles. The number of non-ortho nitro benzene ring substituents is 1. The lowest BCUT2D eigenvalue weighted by atomic mass is 10.2. The van der Waals surface area contributed by atoms with E-state index in [-0.39, 0.29) is 18.1 Å². The molecule has 0 bridgehead atoms. The molecule has 2 rings (SSSR count). The van der Waals surface area contributed by atoms with Gasteiger partial charge in [0.2, 0.25) is 0 Å². The average molecular weight is 495 g/mol. The van der Waals surface area contributed by atoms with E-state index in [0.717, 1.165) is 10.0 Å². The Balaban J connectivity index is 0.00000392. The Morgan fingerprint density at radius 1 is 1.25 bits per heavy atom. The molecule has 0 radical (unpaired) electrons. The standard InChI is InChI=1S/C18H21BrClN3O4.ClH/c1-3-27-17-9-12(8-14(19)18(17)26-2)11-21-6-7-22-16-5-4-13(23(24)25)10-15(16)20;/h4-5,8-10,21-22H,3,6-7,11H2,1-2H3;1H. The lowest BCUT2D eigenvalue weighted by Crippen LogP contribution is -2.22. The third-order valence-corrected chi connectivity index (χ3v) is 4.58. The zero-order chi connectivity index (χ0) is 19.8. The van der Waals surface area contributed by atoms with Crippen molar-refractivity contribution in [3.8, 4) is 11.5 Å². The fourth-order valence-corrected chi connectivity index (χ4v) is 3.36. The number of nitrogens with zero attached hydrogens (tertiary/aromatic N) is 1. The number of nitrogens with one attached hydrogen (secondary N) is 2. The number of halogens is 3. The highest BCUT2D eigenvalue weighted by molar-refractivity contribution is 9.10. The van der Waals surface area contributed by atoms with Crippen LogP contribution in [0, 0.1) is 10.1 Å². The smallest absolute Gasteiger partial charge is 0.271 e. The van der Waals surface area contributed by atoms with E-state index in [1.54, 1.807) is 13.2 Å². The van der Waals surface area contributed by atoms with Crippen molar-refractivity contribution in [2.24, 2.45) is 0 Å². The Morgan fingerprint density at radius 3 is 2.61 bits per heavy atom. The number of methoxy groups -OCH3 is 1. The number of benzene rings is 2. The van der Waals surface area contributed by atoms with Gasteiger partial charge in [-0.15, -0.1) is 12.4 Å². The Labute approximate surface area is 183 Å². The lowest BCUT2D eigenvalue weighted by molar-refractivity contribution is -0.384. The van der Waals surface area contributed by atoms with Crippen LogP contribution in [-0.2, 0) is 6.54 Å². The molecule has 0 aliphatic carbocycles. The monoisotopic (exact) mass is 493 g/mol. The minimum Gasteiger partial charge on any atom is -0.492 e. The molecule has 0 aromatic heterocycles. The van der Waals surface area contributed by atoms with Crippen molar-refractivity contribution in [2.45, 2.75) is 13.5 Å². The van der Waals surface area contributed by atoms with Gasteiger partial charge in [-0.1, -0.05) is 11.6 Å². The maximum atomic E-state index is 10.7. The molecule has 0 spiro atoms. The Kier molecular flexibility index (Phi) is 10.4. The molecule has 154 valence electrons. The van der Waals surface area contributed by atoms with Crippen molar-refractivity contribution < 1.29 is 14.4 Å². The predicted octanol–water partition coefficient (Wildman–Crippen LogP) is 5.04. The summed E-state index contributed by atoms with van der Waals surface area (Å²) in [4.78, 5) is 10.3. The van der Waals surface area contributed by atoms with Gasteiger partial charge in [0, 0.05) is 31.8 Å². The van der Waals surface area contributed by atoms with Crippen LogP contribution >= 0.6 is 39.9 Å². The van der Waals surface area contributed by atoms with E-state index in [9.17, 15) is 10.1 Å². The number of hydrogen-bond donors (Lipinski definition) is 2. The van der Waals surface area contributed by atoms with Crippen molar-refractivity contribution >= 4 is 51.3 Å². The highest BCUT2D eigenvalue weighted by Gasteiger charge is 2.11. The van der Waals surface area contributed by atoms with Gasteiger partial charge in [-0.25, -0.2) is 0 Å². The van der Waals surface area contributed by atoms with E-state index in [2.05, 4.69) is 26.6 Å². The van der Waals surface area contributed by atoms with E-state index in [1.165, 1.54) is 12.1 Å². The second-order valence-corrected chi connectivity index (χ2v) is 6.83. The maximum Gasteiger partial charge on any atom is 0.271 e. The lowest BCUT2D eigenvalue weighted by Gasteiger charge is -2.14. The fourth-order valence-electron chi connectivity index (χ4n) is 2.46. The molecule has 7 nitrogen and oxygen atoms in total. The molecule has 0 fully saturated rings. The number of ether oxygens (including phenoxy) is 2. The summed E-state index contributed by atoms with van der Waals surface area (Å²) in [5, 5.41) is 17.5. The summed E-state index contributed by atoms with van der Waals surface area (Å²) in [6.45, 7) is 4.43. The molecule has 0 saturated carbocycles. The van der Waals surface area contributed by atoms with E-state index in [4.69, 9.17) is 21.1 Å². The van der Waals surface area contributed by atoms with Crippen molar-refractivity contribution in [3.05, 3.63) is 55.5 Å². The third kappa shape index (κ3) is 6.70. The first-order valence-corrected chi connectivity index (χ1v) is 9.51. The van der Waals surface area contributed by atoms with Crippen LogP contribution in [0.3, 0.4) is 0 Å². The van der Waals surface area contributed by atoms with Gasteiger partial charge in [-0.2, -0.15) is 0 Å². The van der Waals surface area contributed by atoms with E-state index >= 15 is 0 Å². The largest absolute Gasteiger partial charge is 0.492 e. The molecule has 28 heavy (non-hydrogen) atoms. The third-order valence-electron chi connectivity index (χ3n) is 3.68. The minimum absolute atomic E-state index is 0. The van der Waals surface area contributed by atoms with Crippen LogP contribution in [0.5, 0.6) is 11.5 Å². The summed E-state index contributed by atoms with van der Waals surface area (Å²) in [6.07, 6.45) is 0. The van der Waals surface area contributed by atoms with Crippen molar-refractivity contribution in [1.82, 2.24) is 5.32 Å². The molecule has 0 amide bonds. The molecule has 2 N–H and O–H groups in total. The van der Waals surface area contributed by atoms with Gasteiger partial charge >= 0.3 is 0 Å². The topological polar surface area (TPSA) is 85.7 Å². The van der Waals surface area contributed by atoms with Gasteiger partial charge in [-0.05, 0) is 46.6 Å². The number of hydrogen-bond acceptors (Lipinski definition) is 6. The Morgan fingerprint density at radius 2 is 2.00 bits per heavy atom.